The Hall–Kier alpha value is -1.53. The number of benzene rings is 1. The van der Waals surface area contributed by atoms with E-state index in [4.69, 9.17) is 0 Å². The summed E-state index contributed by atoms with van der Waals surface area (Å²) >= 11 is 1.59. The Bertz CT molecular complexity index is 555. The normalized spacial score (nSPS) is 11.3. The van der Waals surface area contributed by atoms with Crippen LogP contribution in [0, 0.1) is 5.92 Å². The molecular formula is C15H18F2N2OS. The molecule has 0 radical (unpaired) electrons. The minimum Gasteiger partial charge on any atom is -0.435 e. The van der Waals surface area contributed by atoms with Crippen molar-refractivity contribution in [3.8, 4) is 17.0 Å². The van der Waals surface area contributed by atoms with E-state index in [0.29, 0.717) is 5.92 Å². The molecule has 0 fully saturated rings. The van der Waals surface area contributed by atoms with E-state index in [1.165, 1.54) is 12.1 Å². The van der Waals surface area contributed by atoms with Crippen LogP contribution in [0.4, 0.5) is 8.78 Å². The van der Waals surface area contributed by atoms with E-state index < -0.39 is 6.61 Å². The van der Waals surface area contributed by atoms with Crippen molar-refractivity contribution < 1.29 is 13.5 Å². The second-order valence-electron chi connectivity index (χ2n) is 5.05. The fourth-order valence-corrected chi connectivity index (χ4v) is 2.57. The third kappa shape index (κ3) is 5.06. The van der Waals surface area contributed by atoms with Crippen molar-refractivity contribution in [3.63, 3.8) is 0 Å². The molecule has 0 unspecified atom stereocenters. The molecule has 0 spiro atoms. The predicted molar refractivity (Wildman–Crippen MR) is 80.7 cm³/mol. The van der Waals surface area contributed by atoms with Crippen molar-refractivity contribution in [2.75, 3.05) is 6.54 Å². The molecule has 0 saturated heterocycles. The maximum atomic E-state index is 12.1. The molecule has 0 aliphatic heterocycles. The molecule has 114 valence electrons. The van der Waals surface area contributed by atoms with Crippen molar-refractivity contribution in [2.45, 2.75) is 27.0 Å². The van der Waals surface area contributed by atoms with E-state index >= 15 is 0 Å². The van der Waals surface area contributed by atoms with E-state index in [1.807, 2.05) is 5.38 Å². The van der Waals surface area contributed by atoms with E-state index in [9.17, 15) is 8.78 Å². The quantitative estimate of drug-likeness (QED) is 0.833. The fraction of sp³-hybridized carbons (Fsp3) is 0.400. The summed E-state index contributed by atoms with van der Waals surface area (Å²) in [6.07, 6.45) is 0. The molecule has 0 saturated carbocycles. The van der Waals surface area contributed by atoms with Crippen LogP contribution in [0.2, 0.25) is 0 Å². The summed E-state index contributed by atoms with van der Waals surface area (Å²) in [7, 11) is 0. The van der Waals surface area contributed by atoms with Crippen LogP contribution in [-0.2, 0) is 6.54 Å². The van der Waals surface area contributed by atoms with E-state index in [2.05, 4.69) is 28.9 Å². The van der Waals surface area contributed by atoms with Gasteiger partial charge in [0, 0.05) is 17.5 Å². The van der Waals surface area contributed by atoms with Gasteiger partial charge < -0.3 is 10.1 Å². The molecule has 0 aliphatic carbocycles. The molecule has 0 bridgehead atoms. The Morgan fingerprint density at radius 1 is 1.24 bits per heavy atom. The summed E-state index contributed by atoms with van der Waals surface area (Å²) in [5.41, 5.74) is 1.74. The molecule has 1 aromatic heterocycles. The first-order valence-corrected chi connectivity index (χ1v) is 7.63. The van der Waals surface area contributed by atoms with E-state index in [0.717, 1.165) is 29.4 Å². The number of thiazole rings is 1. The molecule has 0 aliphatic rings. The molecule has 3 nitrogen and oxygen atoms in total. The summed E-state index contributed by atoms with van der Waals surface area (Å²) in [5, 5.41) is 6.32. The number of nitrogens with one attached hydrogen (secondary N) is 1. The van der Waals surface area contributed by atoms with Gasteiger partial charge in [0.2, 0.25) is 0 Å². The average molecular weight is 312 g/mol. The lowest BCUT2D eigenvalue weighted by Crippen LogP contribution is -2.18. The summed E-state index contributed by atoms with van der Waals surface area (Å²) in [4.78, 5) is 4.54. The Balaban J connectivity index is 1.97. The molecule has 2 aromatic rings. The van der Waals surface area contributed by atoms with Crippen LogP contribution < -0.4 is 10.1 Å². The van der Waals surface area contributed by atoms with Gasteiger partial charge in [-0.15, -0.1) is 11.3 Å². The van der Waals surface area contributed by atoms with Gasteiger partial charge in [-0.05, 0) is 36.7 Å². The first-order valence-electron chi connectivity index (χ1n) is 6.75. The minimum atomic E-state index is -2.80. The van der Waals surface area contributed by atoms with Gasteiger partial charge in [0.05, 0.1) is 5.69 Å². The lowest BCUT2D eigenvalue weighted by molar-refractivity contribution is -0.0498. The number of rotatable bonds is 7. The largest absolute Gasteiger partial charge is 0.435 e. The SMILES string of the molecule is CC(C)CNCc1nc(-c2ccc(OC(F)F)cc2)cs1. The minimum absolute atomic E-state index is 0.155. The highest BCUT2D eigenvalue weighted by Crippen LogP contribution is 2.24. The summed E-state index contributed by atoms with van der Waals surface area (Å²) in [5.74, 6) is 0.759. The van der Waals surface area contributed by atoms with E-state index in [1.54, 1.807) is 23.5 Å². The Labute approximate surface area is 127 Å². The van der Waals surface area contributed by atoms with Crippen LogP contribution in [0.25, 0.3) is 11.3 Å². The van der Waals surface area contributed by atoms with Crippen LogP contribution in [0.3, 0.4) is 0 Å². The highest BCUT2D eigenvalue weighted by Gasteiger charge is 2.07. The highest BCUT2D eigenvalue weighted by atomic mass is 32.1. The molecule has 6 heteroatoms. The number of ether oxygens (including phenoxy) is 1. The number of alkyl halides is 2. The van der Waals surface area contributed by atoms with E-state index in [-0.39, 0.29) is 5.75 Å². The van der Waals surface area contributed by atoms with Gasteiger partial charge in [-0.3, -0.25) is 0 Å². The lowest BCUT2D eigenvalue weighted by Gasteiger charge is -2.05. The number of halogens is 2. The molecule has 2 rings (SSSR count). The van der Waals surface area contributed by atoms with Crippen molar-refractivity contribution in [2.24, 2.45) is 5.92 Å². The van der Waals surface area contributed by atoms with Crippen LogP contribution in [0.5, 0.6) is 5.75 Å². The smallest absolute Gasteiger partial charge is 0.387 e. The topological polar surface area (TPSA) is 34.2 Å². The Morgan fingerprint density at radius 3 is 2.57 bits per heavy atom. The number of nitrogens with zero attached hydrogens (tertiary/aromatic N) is 1. The lowest BCUT2D eigenvalue weighted by atomic mass is 10.2. The molecule has 1 aromatic carbocycles. The van der Waals surface area contributed by atoms with Gasteiger partial charge in [-0.25, -0.2) is 4.98 Å². The summed E-state index contributed by atoms with van der Waals surface area (Å²) in [6, 6.07) is 6.52. The first-order chi connectivity index (χ1) is 10.0. The van der Waals surface area contributed by atoms with Gasteiger partial charge >= 0.3 is 6.61 Å². The first kappa shape index (κ1) is 15.9. The molecule has 21 heavy (non-hydrogen) atoms. The predicted octanol–water partition coefficient (Wildman–Crippen LogP) is 4.16. The van der Waals surface area contributed by atoms with Crippen molar-refractivity contribution in [3.05, 3.63) is 34.7 Å². The van der Waals surface area contributed by atoms with Gasteiger partial charge in [-0.2, -0.15) is 8.78 Å². The zero-order valence-electron chi connectivity index (χ0n) is 12.0. The molecule has 0 atom stereocenters. The monoisotopic (exact) mass is 312 g/mol. The number of hydrogen-bond acceptors (Lipinski definition) is 4. The highest BCUT2D eigenvalue weighted by molar-refractivity contribution is 7.09. The van der Waals surface area contributed by atoms with Gasteiger partial charge in [0.25, 0.3) is 0 Å². The van der Waals surface area contributed by atoms with Gasteiger partial charge in [0.1, 0.15) is 10.8 Å². The second-order valence-corrected chi connectivity index (χ2v) is 6.00. The van der Waals surface area contributed by atoms with Crippen molar-refractivity contribution in [1.29, 1.82) is 0 Å². The average Bonchev–Trinajstić information content (AvgIpc) is 2.87. The van der Waals surface area contributed by atoms with Crippen molar-refractivity contribution in [1.82, 2.24) is 10.3 Å². The zero-order valence-corrected chi connectivity index (χ0v) is 12.8. The zero-order chi connectivity index (χ0) is 15.2. The van der Waals surface area contributed by atoms with Gasteiger partial charge in [-0.1, -0.05) is 13.8 Å². The molecule has 1 heterocycles. The maximum absolute atomic E-state index is 12.1. The standard InChI is InChI=1S/C15H18F2N2OS/c1-10(2)7-18-8-14-19-13(9-21-14)11-3-5-12(6-4-11)20-15(16)17/h3-6,9-10,15,18H,7-8H2,1-2H3. The molecule has 1 N–H and O–H groups in total. The number of aromatic nitrogens is 1. The van der Waals surface area contributed by atoms with Crippen molar-refractivity contribution >= 4 is 11.3 Å². The van der Waals surface area contributed by atoms with Gasteiger partial charge in [0.15, 0.2) is 0 Å². The third-order valence-electron chi connectivity index (χ3n) is 2.76. The van der Waals surface area contributed by atoms with Crippen LogP contribution >= 0.6 is 11.3 Å². The maximum Gasteiger partial charge on any atom is 0.387 e. The third-order valence-corrected chi connectivity index (χ3v) is 3.60. The van der Waals surface area contributed by atoms with Crippen LogP contribution in [0.15, 0.2) is 29.6 Å². The number of hydrogen-bond donors (Lipinski definition) is 1. The Kier molecular flexibility index (Phi) is 5.64. The Morgan fingerprint density at radius 2 is 1.95 bits per heavy atom. The molecular weight excluding hydrogens is 294 g/mol. The second kappa shape index (κ2) is 7.47. The fourth-order valence-electron chi connectivity index (χ4n) is 1.80. The summed E-state index contributed by atoms with van der Waals surface area (Å²) < 4.78 is 28.5. The summed E-state index contributed by atoms with van der Waals surface area (Å²) in [6.45, 7) is 3.21. The molecule has 0 amide bonds. The van der Waals surface area contributed by atoms with Crippen LogP contribution in [0.1, 0.15) is 18.9 Å². The van der Waals surface area contributed by atoms with Crippen LogP contribution in [-0.4, -0.2) is 18.1 Å².